The number of hydrogen-bond donors (Lipinski definition) is 3. The van der Waals surface area contributed by atoms with Crippen LogP contribution in [-0.4, -0.2) is 65.9 Å². The van der Waals surface area contributed by atoms with E-state index < -0.39 is 47.9 Å². The Hall–Kier alpha value is -6.11. The van der Waals surface area contributed by atoms with Crippen LogP contribution in [0.5, 0.6) is 5.75 Å². The Kier molecular flexibility index (Phi) is 15.7. The third-order valence-electron chi connectivity index (χ3n) is 20.8. The molecule has 426 valence electrons. The maximum atomic E-state index is 15.7. The lowest BCUT2D eigenvalue weighted by atomic mass is 9.56. The number of aryl methyl sites for hydroxylation is 1. The van der Waals surface area contributed by atoms with E-state index in [0.717, 1.165) is 75.3 Å². The zero-order chi connectivity index (χ0) is 56.0. The lowest BCUT2D eigenvalue weighted by Gasteiger charge is -2.52. The minimum atomic E-state index is -1.32. The van der Waals surface area contributed by atoms with Crippen molar-refractivity contribution >= 4 is 29.0 Å². The molecular weight excluding hydrogens is 1020 g/mol. The Bertz CT molecular complexity index is 3320. The lowest BCUT2D eigenvalue weighted by molar-refractivity contribution is -0.203. The smallest absolute Gasteiger partial charge is 0.340 e. The molecule has 3 saturated carbocycles. The van der Waals surface area contributed by atoms with Crippen molar-refractivity contribution < 1.29 is 48.3 Å². The lowest BCUT2D eigenvalue weighted by Crippen LogP contribution is -2.59. The molecule has 8 aliphatic rings. The summed E-state index contributed by atoms with van der Waals surface area (Å²) in [7, 11) is 1.52. The van der Waals surface area contributed by atoms with Gasteiger partial charge in [0.1, 0.15) is 16.9 Å². The number of aliphatic hydroxyl groups excluding tert-OH is 3. The van der Waals surface area contributed by atoms with Gasteiger partial charge in [0.2, 0.25) is 0 Å². The van der Waals surface area contributed by atoms with Crippen LogP contribution in [0.4, 0.5) is 0 Å². The molecule has 0 radical (unpaired) electrons. The molecule has 4 heterocycles. The molecule has 5 aliphatic carbocycles. The molecule has 0 saturated heterocycles. The molecule has 2 bridgehead atoms. The minimum Gasteiger partial charge on any atom is -0.483 e. The molecule has 10 atom stereocenters. The quantitative estimate of drug-likeness (QED) is 0.0528. The number of carbonyl (C=O) groups excluding carboxylic acids is 2. The van der Waals surface area contributed by atoms with Gasteiger partial charge in [-0.05, 0) is 158 Å². The summed E-state index contributed by atoms with van der Waals surface area (Å²) in [6.45, 7) is 2.73. The predicted octanol–water partition coefficient (Wildman–Crippen LogP) is 13.1. The summed E-state index contributed by atoms with van der Waals surface area (Å²) in [5.41, 5.74) is 7.01. The highest BCUT2D eigenvalue weighted by molar-refractivity contribution is 5.90. The molecule has 13 rings (SSSR count). The first-order valence-corrected chi connectivity index (χ1v) is 30.3. The molecule has 81 heavy (non-hydrogen) atoms. The maximum Gasteiger partial charge on any atom is 0.340 e. The first kappa shape index (κ1) is 55.4. The maximum absolute atomic E-state index is 15.7. The molecular formula is C70H80O11. The number of carbonyl (C=O) groups is 2. The van der Waals surface area contributed by atoms with Crippen LogP contribution in [0.1, 0.15) is 191 Å². The van der Waals surface area contributed by atoms with Crippen LogP contribution in [0.2, 0.25) is 0 Å². The average Bonchev–Trinajstić information content (AvgIpc) is 3.05. The standard InChI is InChI=1S/C70H80O11/c1-43(40-72)54-26-20-44-18-21-45(22-19-44)55-27-24-48(47-13-10-15-52(37-47)70-34-7-6-14-51(70)25-23-46-12-4-5-17-58(46)70)36-50(55)38-60(74)78-64-62-59(29-28-56-57(41-73)61(67(76)79-63(56)62)49(30-35-71)42-77-3)81-68(2,65(64)80-66(54)75)53-16-11-33-69(39-53)31-8-9-32-69/h4-5,10,12-13,15,17-19,21-25,27-29,37,48-51,53,55,64-65,71-73H,6-9,11,14,16,20,26,30-36,38-42H2,1-3H3. The van der Waals surface area contributed by atoms with E-state index in [1.165, 1.54) is 42.2 Å². The van der Waals surface area contributed by atoms with Crippen LogP contribution in [0.25, 0.3) is 17.0 Å². The highest BCUT2D eigenvalue weighted by atomic mass is 16.6. The van der Waals surface area contributed by atoms with Crippen molar-refractivity contribution in [1.82, 2.24) is 0 Å². The van der Waals surface area contributed by atoms with Gasteiger partial charge in [-0.1, -0.05) is 129 Å². The monoisotopic (exact) mass is 1100 g/mol. The largest absolute Gasteiger partial charge is 0.483 e. The summed E-state index contributed by atoms with van der Waals surface area (Å²) in [5, 5.41) is 32.4. The van der Waals surface area contributed by atoms with Gasteiger partial charge < -0.3 is 38.7 Å². The van der Waals surface area contributed by atoms with Gasteiger partial charge in [-0.25, -0.2) is 9.59 Å². The number of benzene rings is 4. The fourth-order valence-electron chi connectivity index (χ4n) is 16.6. The van der Waals surface area contributed by atoms with Gasteiger partial charge in [-0.2, -0.15) is 0 Å². The molecule has 4 aromatic carbocycles. The third-order valence-corrected chi connectivity index (χ3v) is 20.8. The Morgan fingerprint density at radius 2 is 1.62 bits per heavy atom. The second kappa shape index (κ2) is 22.9. The number of hydrogen-bond acceptors (Lipinski definition) is 11. The fraction of sp³-hybridized carbons (Fsp3) is 0.500. The molecule has 3 N–H and O–H groups in total. The number of esters is 2. The SMILES string of the molecule is COCC(CCO)c1c(CO)c2ccc3c(c2oc1=O)C1OC(=O)CC2CC(c4cccc(C56CCCCC5C=Cc5ccccc56)c4)C=CC2c2ccc(cc2)CCC(=C(C)CO)C(=O)OC1C(C)(C1CCCC2(CCCC2)C1)O3. The fourth-order valence-corrected chi connectivity index (χ4v) is 16.6. The second-order valence-corrected chi connectivity index (χ2v) is 25.3. The highest BCUT2D eigenvalue weighted by Gasteiger charge is 2.59. The van der Waals surface area contributed by atoms with Crippen LogP contribution in [0.3, 0.4) is 0 Å². The van der Waals surface area contributed by atoms with Gasteiger partial charge in [0, 0.05) is 65.7 Å². The topological polar surface area (TPSA) is 162 Å². The number of aliphatic hydroxyl groups is 3. The average molecular weight is 1100 g/mol. The van der Waals surface area contributed by atoms with Crippen molar-refractivity contribution in [2.75, 3.05) is 26.9 Å². The molecule has 0 amide bonds. The number of rotatable bonds is 10. The molecule has 1 aromatic heterocycles. The van der Waals surface area contributed by atoms with Crippen LogP contribution in [-0.2, 0) is 42.2 Å². The number of allylic oxidation sites excluding steroid dienone is 3. The van der Waals surface area contributed by atoms with Crippen molar-refractivity contribution in [3.05, 3.63) is 175 Å². The Morgan fingerprint density at radius 3 is 2.41 bits per heavy atom. The molecule has 3 fully saturated rings. The van der Waals surface area contributed by atoms with Gasteiger partial charge in [0.05, 0.1) is 25.4 Å². The first-order chi connectivity index (χ1) is 39.4. The minimum absolute atomic E-state index is 0.00348. The van der Waals surface area contributed by atoms with Gasteiger partial charge in [0.15, 0.2) is 12.2 Å². The molecule has 3 aliphatic heterocycles. The van der Waals surface area contributed by atoms with Gasteiger partial charge in [-0.3, -0.25) is 4.79 Å². The van der Waals surface area contributed by atoms with Crippen molar-refractivity contribution in [3.8, 4) is 5.75 Å². The Labute approximate surface area is 476 Å². The third kappa shape index (κ3) is 10.1. The van der Waals surface area contributed by atoms with E-state index in [9.17, 15) is 20.1 Å². The van der Waals surface area contributed by atoms with E-state index in [-0.39, 0.29) is 90.3 Å². The van der Waals surface area contributed by atoms with E-state index in [0.29, 0.717) is 46.6 Å². The van der Waals surface area contributed by atoms with Gasteiger partial charge >= 0.3 is 17.6 Å². The molecule has 11 heteroatoms. The Balaban J connectivity index is 0.990. The van der Waals surface area contributed by atoms with E-state index in [1.54, 1.807) is 19.1 Å². The summed E-state index contributed by atoms with van der Waals surface area (Å²) in [6, 6.07) is 30.2. The van der Waals surface area contributed by atoms with Crippen molar-refractivity contribution in [2.45, 2.75) is 171 Å². The predicted molar refractivity (Wildman–Crippen MR) is 312 cm³/mol. The summed E-state index contributed by atoms with van der Waals surface area (Å²) >= 11 is 0. The summed E-state index contributed by atoms with van der Waals surface area (Å²) < 4.78 is 33.3. The zero-order valence-electron chi connectivity index (χ0n) is 47.5. The van der Waals surface area contributed by atoms with Gasteiger partial charge in [0.25, 0.3) is 0 Å². The normalized spacial score (nSPS) is 29.8. The molecule has 11 nitrogen and oxygen atoms in total. The van der Waals surface area contributed by atoms with Crippen LogP contribution in [0.15, 0.2) is 124 Å². The van der Waals surface area contributed by atoms with Crippen LogP contribution < -0.4 is 10.4 Å². The molecule has 10 unspecified atom stereocenters. The van der Waals surface area contributed by atoms with Gasteiger partial charge in [-0.15, -0.1) is 0 Å². The number of methoxy groups -OCH3 is 1. The van der Waals surface area contributed by atoms with Crippen molar-refractivity contribution in [1.29, 1.82) is 0 Å². The zero-order valence-corrected chi connectivity index (χ0v) is 47.5. The van der Waals surface area contributed by atoms with E-state index in [1.807, 2.05) is 6.92 Å². The molecule has 1 spiro atoms. The van der Waals surface area contributed by atoms with E-state index >= 15 is 9.59 Å². The van der Waals surface area contributed by atoms with Crippen LogP contribution in [0, 0.1) is 23.2 Å². The second-order valence-electron chi connectivity index (χ2n) is 25.3. The van der Waals surface area contributed by atoms with Crippen molar-refractivity contribution in [3.63, 3.8) is 0 Å². The molecule has 5 aromatic rings. The Morgan fingerprint density at radius 1 is 0.815 bits per heavy atom. The first-order valence-electron chi connectivity index (χ1n) is 30.3. The van der Waals surface area contributed by atoms with Crippen LogP contribution >= 0.6 is 0 Å². The van der Waals surface area contributed by atoms with E-state index in [2.05, 4.69) is 97.1 Å². The number of ether oxygens (including phenoxy) is 4. The summed E-state index contributed by atoms with van der Waals surface area (Å²) in [6.07, 6.45) is 21.4. The summed E-state index contributed by atoms with van der Waals surface area (Å²) in [5.74, 6) is -1.43. The number of fused-ring (bicyclic) bond motifs is 14. The van der Waals surface area contributed by atoms with E-state index in [4.69, 9.17) is 23.4 Å². The highest BCUT2D eigenvalue weighted by Crippen LogP contribution is 2.59. The van der Waals surface area contributed by atoms with Crippen molar-refractivity contribution in [2.24, 2.45) is 23.2 Å². The summed E-state index contributed by atoms with van der Waals surface area (Å²) in [4.78, 5) is 45.5.